The summed E-state index contributed by atoms with van der Waals surface area (Å²) in [5.41, 5.74) is 1.54. The first-order valence-corrected chi connectivity index (χ1v) is 10.3. The zero-order chi connectivity index (χ0) is 19.5. The molecule has 6 nitrogen and oxygen atoms in total. The van der Waals surface area contributed by atoms with Gasteiger partial charge in [0.05, 0.1) is 18.8 Å². The first-order valence-electron chi connectivity index (χ1n) is 8.56. The number of nitrogens with one attached hydrogen (secondary N) is 1. The van der Waals surface area contributed by atoms with Gasteiger partial charge in [0.2, 0.25) is 5.91 Å². The molecule has 0 saturated carbocycles. The van der Waals surface area contributed by atoms with Gasteiger partial charge in [-0.3, -0.25) is 14.2 Å². The van der Waals surface area contributed by atoms with E-state index in [9.17, 15) is 9.59 Å². The molecule has 0 bridgehead atoms. The zero-order valence-electron chi connectivity index (χ0n) is 15.0. The molecule has 0 aliphatic heterocycles. The average Bonchev–Trinajstić information content (AvgIpc) is 3.38. The summed E-state index contributed by atoms with van der Waals surface area (Å²) in [7, 11) is 1.59. The minimum atomic E-state index is -0.262. The Morgan fingerprint density at radius 3 is 2.86 bits per heavy atom. The summed E-state index contributed by atoms with van der Waals surface area (Å²) in [5, 5.41) is 7.31. The van der Waals surface area contributed by atoms with Crippen molar-refractivity contribution >= 4 is 38.8 Å². The number of aromatic nitrogens is 2. The van der Waals surface area contributed by atoms with Crippen molar-refractivity contribution in [2.75, 3.05) is 7.11 Å². The Labute approximate surface area is 169 Å². The van der Waals surface area contributed by atoms with Crippen LogP contribution < -0.4 is 15.6 Å². The Hall–Kier alpha value is -2.97. The third-order valence-corrected chi connectivity index (χ3v) is 6.12. The molecule has 0 saturated heterocycles. The Bertz CT molecular complexity index is 1180. The molecule has 3 aromatic heterocycles. The lowest BCUT2D eigenvalue weighted by Gasteiger charge is -2.10. The molecular formula is C20H17N3O3S2. The highest BCUT2D eigenvalue weighted by atomic mass is 32.1. The van der Waals surface area contributed by atoms with Crippen LogP contribution in [0.2, 0.25) is 0 Å². The lowest BCUT2D eigenvalue weighted by molar-refractivity contribution is -0.121. The number of thiophene rings is 2. The molecule has 0 radical (unpaired) electrons. The SMILES string of the molecule is COc1ccccc1CNC(=O)Cn1cnc2scc(-c3cccs3)c2c1=O. The van der Waals surface area contributed by atoms with Crippen molar-refractivity contribution in [3.63, 3.8) is 0 Å². The first-order chi connectivity index (χ1) is 13.7. The Morgan fingerprint density at radius 1 is 1.21 bits per heavy atom. The van der Waals surface area contributed by atoms with Crippen LogP contribution in [0.3, 0.4) is 0 Å². The van der Waals surface area contributed by atoms with Crippen LogP contribution in [0.5, 0.6) is 5.75 Å². The quantitative estimate of drug-likeness (QED) is 0.527. The number of ether oxygens (including phenoxy) is 1. The molecule has 4 rings (SSSR count). The maximum atomic E-state index is 13.0. The second-order valence-corrected chi connectivity index (χ2v) is 7.88. The summed E-state index contributed by atoms with van der Waals surface area (Å²) in [4.78, 5) is 31.4. The third kappa shape index (κ3) is 3.56. The van der Waals surface area contributed by atoms with Crippen molar-refractivity contribution < 1.29 is 9.53 Å². The number of nitrogens with zero attached hydrogens (tertiary/aromatic N) is 2. The summed E-state index contributed by atoms with van der Waals surface area (Å²) in [6, 6.07) is 11.4. The molecule has 1 aromatic carbocycles. The number of fused-ring (bicyclic) bond motifs is 1. The van der Waals surface area contributed by atoms with E-state index in [1.807, 2.05) is 47.2 Å². The maximum absolute atomic E-state index is 13.0. The highest BCUT2D eigenvalue weighted by Gasteiger charge is 2.15. The van der Waals surface area contributed by atoms with E-state index < -0.39 is 0 Å². The van der Waals surface area contributed by atoms with E-state index >= 15 is 0 Å². The summed E-state index contributed by atoms with van der Waals surface area (Å²) >= 11 is 3.01. The fraction of sp³-hybridized carbons (Fsp3) is 0.150. The number of benzene rings is 1. The van der Waals surface area contributed by atoms with Crippen molar-refractivity contribution in [3.05, 3.63) is 69.4 Å². The van der Waals surface area contributed by atoms with Crippen LogP contribution in [-0.2, 0) is 17.9 Å². The van der Waals surface area contributed by atoms with E-state index in [4.69, 9.17) is 4.74 Å². The van der Waals surface area contributed by atoms with Crippen molar-refractivity contribution in [2.24, 2.45) is 0 Å². The minimum Gasteiger partial charge on any atom is -0.496 e. The molecule has 4 aromatic rings. The molecule has 1 N–H and O–H groups in total. The predicted octanol–water partition coefficient (Wildman–Crippen LogP) is 3.51. The standard InChI is InChI=1S/C20H17N3O3S2/c1-26-15-6-3-2-5-13(15)9-21-17(24)10-23-12-22-19-18(20(23)25)14(11-28-19)16-7-4-8-27-16/h2-8,11-12H,9-10H2,1H3,(H,21,24). The largest absolute Gasteiger partial charge is 0.496 e. The van der Waals surface area contributed by atoms with Crippen LogP contribution in [0, 0.1) is 0 Å². The van der Waals surface area contributed by atoms with Crippen LogP contribution in [0.15, 0.2) is 58.3 Å². The summed E-state index contributed by atoms with van der Waals surface area (Å²) in [6.07, 6.45) is 1.43. The number of rotatable bonds is 6. The first kappa shape index (κ1) is 18.4. The van der Waals surface area contributed by atoms with Crippen LogP contribution >= 0.6 is 22.7 Å². The highest BCUT2D eigenvalue weighted by molar-refractivity contribution is 7.18. The predicted molar refractivity (Wildman–Crippen MR) is 112 cm³/mol. The molecule has 1 amide bonds. The number of carbonyl (C=O) groups is 1. The van der Waals surface area contributed by atoms with Crippen molar-refractivity contribution in [1.29, 1.82) is 0 Å². The fourth-order valence-electron chi connectivity index (χ4n) is 2.95. The summed E-state index contributed by atoms with van der Waals surface area (Å²) in [5.74, 6) is 0.448. The van der Waals surface area contributed by atoms with E-state index in [0.717, 1.165) is 16.0 Å². The molecule has 142 valence electrons. The zero-order valence-corrected chi connectivity index (χ0v) is 16.7. The number of hydrogen-bond acceptors (Lipinski definition) is 6. The van der Waals surface area contributed by atoms with E-state index in [2.05, 4.69) is 10.3 Å². The van der Waals surface area contributed by atoms with Crippen molar-refractivity contribution in [2.45, 2.75) is 13.1 Å². The Kier molecular flexibility index (Phi) is 5.23. The second kappa shape index (κ2) is 7.95. The van der Waals surface area contributed by atoms with Gasteiger partial charge in [-0.05, 0) is 17.5 Å². The molecule has 28 heavy (non-hydrogen) atoms. The second-order valence-electron chi connectivity index (χ2n) is 6.07. The van der Waals surface area contributed by atoms with Gasteiger partial charge in [-0.1, -0.05) is 24.3 Å². The number of carbonyl (C=O) groups excluding carboxylic acids is 1. The molecule has 0 atom stereocenters. The van der Waals surface area contributed by atoms with E-state index in [1.54, 1.807) is 18.4 Å². The Morgan fingerprint density at radius 2 is 2.07 bits per heavy atom. The maximum Gasteiger partial charge on any atom is 0.263 e. The van der Waals surface area contributed by atoms with Crippen LogP contribution in [0.25, 0.3) is 20.7 Å². The molecule has 0 spiro atoms. The van der Waals surface area contributed by atoms with Gasteiger partial charge in [0.1, 0.15) is 17.1 Å². The molecule has 0 aliphatic carbocycles. The number of amides is 1. The number of hydrogen-bond donors (Lipinski definition) is 1. The lowest BCUT2D eigenvalue weighted by Crippen LogP contribution is -2.32. The van der Waals surface area contributed by atoms with Gasteiger partial charge in [0.15, 0.2) is 0 Å². The summed E-state index contributed by atoms with van der Waals surface area (Å²) in [6.45, 7) is 0.239. The normalized spacial score (nSPS) is 10.9. The van der Waals surface area contributed by atoms with Crippen molar-refractivity contribution in [3.8, 4) is 16.2 Å². The van der Waals surface area contributed by atoms with Gasteiger partial charge in [0.25, 0.3) is 5.56 Å². The van der Waals surface area contributed by atoms with Crippen LogP contribution in [-0.4, -0.2) is 22.6 Å². The molecule has 8 heteroatoms. The number of para-hydroxylation sites is 1. The van der Waals surface area contributed by atoms with Crippen molar-refractivity contribution in [1.82, 2.24) is 14.9 Å². The van der Waals surface area contributed by atoms with E-state index in [0.29, 0.717) is 22.5 Å². The van der Waals surface area contributed by atoms with Crippen LogP contribution in [0.1, 0.15) is 5.56 Å². The van der Waals surface area contributed by atoms with Gasteiger partial charge >= 0.3 is 0 Å². The monoisotopic (exact) mass is 411 g/mol. The van der Waals surface area contributed by atoms with E-state index in [1.165, 1.54) is 22.2 Å². The van der Waals surface area contributed by atoms with Gasteiger partial charge in [-0.2, -0.15) is 0 Å². The molecular weight excluding hydrogens is 394 g/mol. The molecule has 0 fully saturated rings. The highest BCUT2D eigenvalue weighted by Crippen LogP contribution is 2.33. The third-order valence-electron chi connectivity index (χ3n) is 4.33. The summed E-state index contributed by atoms with van der Waals surface area (Å²) < 4.78 is 6.64. The lowest BCUT2D eigenvalue weighted by atomic mass is 10.2. The molecule has 0 unspecified atom stereocenters. The van der Waals surface area contributed by atoms with E-state index in [-0.39, 0.29) is 18.0 Å². The Balaban J connectivity index is 1.55. The smallest absolute Gasteiger partial charge is 0.263 e. The van der Waals surface area contributed by atoms with Crippen LogP contribution in [0.4, 0.5) is 0 Å². The van der Waals surface area contributed by atoms with Gasteiger partial charge in [-0.25, -0.2) is 4.98 Å². The average molecular weight is 412 g/mol. The number of methoxy groups -OCH3 is 1. The topological polar surface area (TPSA) is 73.2 Å². The molecule has 3 heterocycles. The van der Waals surface area contributed by atoms with Gasteiger partial charge in [-0.15, -0.1) is 22.7 Å². The van der Waals surface area contributed by atoms with Gasteiger partial charge in [0, 0.05) is 27.9 Å². The fourth-order valence-corrected chi connectivity index (χ4v) is 4.67. The molecule has 0 aliphatic rings. The van der Waals surface area contributed by atoms with Gasteiger partial charge < -0.3 is 10.1 Å². The minimum absolute atomic E-state index is 0.0867.